The molecule has 0 unspecified atom stereocenters. The minimum Gasteiger partial charge on any atom is -0.322 e. The number of benzene rings is 3. The summed E-state index contributed by atoms with van der Waals surface area (Å²) in [6.45, 7) is 0. The van der Waals surface area contributed by atoms with Crippen molar-refractivity contribution >= 4 is 38.9 Å². The molecule has 0 spiro atoms. The molecule has 4 rings (SSSR count). The van der Waals surface area contributed by atoms with Crippen LogP contribution in [0.25, 0.3) is 10.2 Å². The van der Waals surface area contributed by atoms with Gasteiger partial charge >= 0.3 is 0 Å². The van der Waals surface area contributed by atoms with Gasteiger partial charge in [-0.15, -0.1) is 11.3 Å². The number of carbonyl (C=O) groups is 2. The topological polar surface area (TPSA) is 59.1 Å². The summed E-state index contributed by atoms with van der Waals surface area (Å²) in [6, 6.07) is 11.3. The van der Waals surface area contributed by atoms with Gasteiger partial charge in [0, 0.05) is 22.9 Å². The summed E-state index contributed by atoms with van der Waals surface area (Å²) in [5, 5.41) is 2.35. The van der Waals surface area contributed by atoms with E-state index in [0.29, 0.717) is 5.52 Å². The number of halogens is 3. The van der Waals surface area contributed by atoms with Crippen LogP contribution in [0.1, 0.15) is 26.3 Å². The van der Waals surface area contributed by atoms with Gasteiger partial charge in [-0.05, 0) is 42.5 Å². The Labute approximate surface area is 166 Å². The van der Waals surface area contributed by atoms with Gasteiger partial charge in [-0.3, -0.25) is 9.59 Å². The van der Waals surface area contributed by atoms with E-state index >= 15 is 0 Å². The van der Waals surface area contributed by atoms with E-state index in [4.69, 9.17) is 0 Å². The summed E-state index contributed by atoms with van der Waals surface area (Å²) in [4.78, 5) is 29.1. The SMILES string of the molecule is O=C(Nc1cc(F)c(F)c(C(=O)c2ccc3ncsc3c2)c1)c1cccc(F)c1. The van der Waals surface area contributed by atoms with Crippen LogP contribution in [0, 0.1) is 17.5 Å². The zero-order valence-electron chi connectivity index (χ0n) is 14.6. The summed E-state index contributed by atoms with van der Waals surface area (Å²) in [5.41, 5.74) is 1.81. The van der Waals surface area contributed by atoms with Crippen molar-refractivity contribution in [3.8, 4) is 0 Å². The fourth-order valence-corrected chi connectivity index (χ4v) is 3.53. The van der Waals surface area contributed by atoms with Gasteiger partial charge in [0.2, 0.25) is 0 Å². The monoisotopic (exact) mass is 412 g/mol. The maximum Gasteiger partial charge on any atom is 0.255 e. The molecule has 8 heteroatoms. The molecule has 0 aliphatic rings. The first-order valence-electron chi connectivity index (χ1n) is 8.36. The van der Waals surface area contributed by atoms with E-state index in [1.807, 2.05) is 0 Å². The quantitative estimate of drug-likeness (QED) is 0.469. The molecule has 144 valence electrons. The normalized spacial score (nSPS) is 10.9. The van der Waals surface area contributed by atoms with Crippen LogP contribution in [0.4, 0.5) is 18.9 Å². The Morgan fingerprint density at radius 3 is 2.55 bits per heavy atom. The standard InChI is InChI=1S/C21H11F3N2O2S/c22-13-3-1-2-12(6-13)21(28)26-14-8-15(19(24)16(23)9-14)20(27)11-4-5-17-18(7-11)29-10-25-17/h1-10H,(H,26,28). The number of amides is 1. The Bertz CT molecular complexity index is 1270. The third kappa shape index (κ3) is 3.74. The Hall–Kier alpha value is -3.52. The largest absolute Gasteiger partial charge is 0.322 e. The number of ketones is 1. The number of anilines is 1. The summed E-state index contributed by atoms with van der Waals surface area (Å²) in [5.74, 6) is -4.68. The fourth-order valence-electron chi connectivity index (χ4n) is 2.81. The van der Waals surface area contributed by atoms with E-state index in [2.05, 4.69) is 10.3 Å². The Morgan fingerprint density at radius 1 is 0.931 bits per heavy atom. The van der Waals surface area contributed by atoms with E-state index in [1.165, 1.54) is 35.6 Å². The molecule has 0 saturated carbocycles. The van der Waals surface area contributed by atoms with Gasteiger partial charge in [-0.2, -0.15) is 0 Å². The van der Waals surface area contributed by atoms with Gasteiger partial charge in [0.1, 0.15) is 5.82 Å². The van der Waals surface area contributed by atoms with Gasteiger partial charge in [-0.1, -0.05) is 6.07 Å². The second-order valence-electron chi connectivity index (χ2n) is 6.15. The van der Waals surface area contributed by atoms with Gasteiger partial charge in [-0.25, -0.2) is 18.2 Å². The summed E-state index contributed by atoms with van der Waals surface area (Å²) in [7, 11) is 0. The lowest BCUT2D eigenvalue weighted by atomic mass is 10.0. The van der Waals surface area contributed by atoms with Crippen molar-refractivity contribution in [3.05, 3.63) is 94.2 Å². The zero-order valence-corrected chi connectivity index (χ0v) is 15.4. The van der Waals surface area contributed by atoms with E-state index in [-0.39, 0.29) is 16.8 Å². The predicted molar refractivity (Wildman–Crippen MR) is 104 cm³/mol. The lowest BCUT2D eigenvalue weighted by Gasteiger charge is -2.10. The third-order valence-corrected chi connectivity index (χ3v) is 5.00. The molecular weight excluding hydrogens is 401 g/mol. The molecule has 1 aromatic heterocycles. The van der Waals surface area contributed by atoms with Gasteiger partial charge < -0.3 is 5.32 Å². The first kappa shape index (κ1) is 18.8. The van der Waals surface area contributed by atoms with Gasteiger partial charge in [0.15, 0.2) is 17.4 Å². The number of carbonyl (C=O) groups excluding carboxylic acids is 2. The minimum absolute atomic E-state index is 0.00161. The summed E-state index contributed by atoms with van der Waals surface area (Å²) in [6.07, 6.45) is 0. The number of rotatable bonds is 4. The lowest BCUT2D eigenvalue weighted by Crippen LogP contribution is -2.14. The molecule has 29 heavy (non-hydrogen) atoms. The first-order valence-corrected chi connectivity index (χ1v) is 9.24. The number of fused-ring (bicyclic) bond motifs is 1. The van der Waals surface area contributed by atoms with Crippen molar-refractivity contribution in [2.24, 2.45) is 0 Å². The number of hydrogen-bond donors (Lipinski definition) is 1. The maximum absolute atomic E-state index is 14.3. The number of thiazole rings is 1. The van der Waals surface area contributed by atoms with Crippen LogP contribution < -0.4 is 5.32 Å². The molecule has 1 heterocycles. The Kier molecular flexibility index (Phi) is 4.85. The Morgan fingerprint density at radius 2 is 1.76 bits per heavy atom. The molecule has 0 atom stereocenters. The molecule has 4 aromatic rings. The maximum atomic E-state index is 14.3. The van der Waals surface area contributed by atoms with Crippen molar-refractivity contribution < 1.29 is 22.8 Å². The Balaban J connectivity index is 1.68. The van der Waals surface area contributed by atoms with Crippen molar-refractivity contribution in [2.75, 3.05) is 5.32 Å². The van der Waals surface area contributed by atoms with Crippen molar-refractivity contribution in [3.63, 3.8) is 0 Å². The average Bonchev–Trinajstić information content (AvgIpc) is 3.18. The van der Waals surface area contributed by atoms with E-state index in [0.717, 1.165) is 22.9 Å². The molecular formula is C21H11F3N2O2S. The van der Waals surface area contributed by atoms with Crippen LogP contribution in [0.3, 0.4) is 0 Å². The highest BCUT2D eigenvalue weighted by molar-refractivity contribution is 7.16. The molecule has 3 aromatic carbocycles. The number of nitrogens with zero attached hydrogens (tertiary/aromatic N) is 1. The van der Waals surface area contributed by atoms with Gasteiger partial charge in [0.05, 0.1) is 21.3 Å². The first-order chi connectivity index (χ1) is 13.9. The highest BCUT2D eigenvalue weighted by Gasteiger charge is 2.20. The fraction of sp³-hybridized carbons (Fsp3) is 0. The average molecular weight is 412 g/mol. The second-order valence-corrected chi connectivity index (χ2v) is 7.03. The van der Waals surface area contributed by atoms with E-state index < -0.39 is 34.7 Å². The molecule has 0 aliphatic carbocycles. The van der Waals surface area contributed by atoms with Crippen LogP contribution in [0.5, 0.6) is 0 Å². The smallest absolute Gasteiger partial charge is 0.255 e. The lowest BCUT2D eigenvalue weighted by molar-refractivity contribution is 0.101. The van der Waals surface area contributed by atoms with Crippen LogP contribution >= 0.6 is 11.3 Å². The molecule has 0 fully saturated rings. The number of aromatic nitrogens is 1. The van der Waals surface area contributed by atoms with Crippen LogP contribution in [-0.4, -0.2) is 16.7 Å². The van der Waals surface area contributed by atoms with E-state index in [1.54, 1.807) is 17.6 Å². The summed E-state index contributed by atoms with van der Waals surface area (Å²) < 4.78 is 42.4. The van der Waals surface area contributed by atoms with Crippen molar-refractivity contribution in [1.29, 1.82) is 0 Å². The van der Waals surface area contributed by atoms with E-state index in [9.17, 15) is 22.8 Å². The molecule has 0 saturated heterocycles. The predicted octanol–water partition coefficient (Wildman–Crippen LogP) is 5.20. The van der Waals surface area contributed by atoms with Crippen LogP contribution in [0.15, 0.2) is 60.1 Å². The highest BCUT2D eigenvalue weighted by atomic mass is 32.1. The number of hydrogen-bond acceptors (Lipinski definition) is 4. The molecule has 0 bridgehead atoms. The van der Waals surface area contributed by atoms with Crippen molar-refractivity contribution in [1.82, 2.24) is 4.98 Å². The summed E-state index contributed by atoms with van der Waals surface area (Å²) >= 11 is 1.31. The molecule has 0 aliphatic heterocycles. The third-order valence-electron chi connectivity index (χ3n) is 4.21. The van der Waals surface area contributed by atoms with Crippen LogP contribution in [-0.2, 0) is 0 Å². The van der Waals surface area contributed by atoms with Crippen molar-refractivity contribution in [2.45, 2.75) is 0 Å². The minimum atomic E-state index is -1.32. The molecule has 0 radical (unpaired) electrons. The van der Waals surface area contributed by atoms with Crippen LogP contribution in [0.2, 0.25) is 0 Å². The highest BCUT2D eigenvalue weighted by Crippen LogP contribution is 2.25. The zero-order chi connectivity index (χ0) is 20.5. The molecule has 4 nitrogen and oxygen atoms in total. The molecule has 1 amide bonds. The molecule has 1 N–H and O–H groups in total. The van der Waals surface area contributed by atoms with Gasteiger partial charge in [0.25, 0.3) is 5.91 Å². The second kappa shape index (κ2) is 7.48. The number of nitrogens with one attached hydrogen (secondary N) is 1.